The fourth-order valence-electron chi connectivity index (χ4n) is 3.30. The smallest absolute Gasteiger partial charge is 0.209 e. The number of hydrogen-bond donors (Lipinski definition) is 2. The van der Waals surface area contributed by atoms with Crippen molar-refractivity contribution in [3.63, 3.8) is 0 Å². The van der Waals surface area contributed by atoms with Gasteiger partial charge in [0.15, 0.2) is 0 Å². The third-order valence-electron chi connectivity index (χ3n) is 4.41. The van der Waals surface area contributed by atoms with Gasteiger partial charge in [0.2, 0.25) is 10.0 Å². The van der Waals surface area contributed by atoms with Crippen molar-refractivity contribution in [1.82, 2.24) is 10.0 Å². The van der Waals surface area contributed by atoms with E-state index in [1.807, 2.05) is 0 Å². The van der Waals surface area contributed by atoms with Gasteiger partial charge >= 0.3 is 0 Å². The third kappa shape index (κ3) is 4.44. The molecule has 0 bridgehead atoms. The predicted octanol–water partition coefficient (Wildman–Crippen LogP) is 2.59. The molecule has 0 aliphatic carbocycles. The van der Waals surface area contributed by atoms with Crippen LogP contribution in [-0.2, 0) is 16.4 Å². The quantitative estimate of drug-likeness (QED) is 0.833. The van der Waals surface area contributed by atoms with Gasteiger partial charge < -0.3 is 5.32 Å². The summed E-state index contributed by atoms with van der Waals surface area (Å²) in [6.07, 6.45) is 1.95. The minimum atomic E-state index is -3.37. The van der Waals surface area contributed by atoms with Crippen LogP contribution in [0.25, 0.3) is 11.1 Å². The van der Waals surface area contributed by atoms with Gasteiger partial charge in [-0.2, -0.15) is 0 Å². The van der Waals surface area contributed by atoms with E-state index >= 15 is 0 Å². The molecule has 1 fully saturated rings. The molecule has 1 heterocycles. The second kappa shape index (κ2) is 7.38. The van der Waals surface area contributed by atoms with Gasteiger partial charge in [-0.25, -0.2) is 26.3 Å². The third-order valence-corrected chi connectivity index (χ3v) is 5.14. The van der Waals surface area contributed by atoms with Gasteiger partial charge in [0.1, 0.15) is 17.5 Å². The number of hydrogen-bond acceptors (Lipinski definition) is 3. The number of nitrogens with one attached hydrogen (secondary N) is 2. The second-order valence-corrected chi connectivity index (χ2v) is 8.27. The minimum Gasteiger partial charge on any atom is -0.312 e. The van der Waals surface area contributed by atoms with Crippen LogP contribution in [0.15, 0.2) is 36.4 Å². The Morgan fingerprint density at radius 3 is 2.50 bits per heavy atom. The minimum absolute atomic E-state index is 0.103. The molecule has 2 aromatic carbocycles. The first-order valence-electron chi connectivity index (χ1n) is 8.17. The van der Waals surface area contributed by atoms with E-state index in [9.17, 15) is 21.6 Å². The SMILES string of the molecule is CS(=O)(=O)N[C@H]1CCN[C@H]1Cc1cccc(-c2cc(F)cc(F)c2)c1F. The van der Waals surface area contributed by atoms with Crippen molar-refractivity contribution in [3.8, 4) is 11.1 Å². The van der Waals surface area contributed by atoms with E-state index in [1.165, 1.54) is 6.07 Å². The van der Waals surface area contributed by atoms with Crippen LogP contribution in [0.3, 0.4) is 0 Å². The summed E-state index contributed by atoms with van der Waals surface area (Å²) in [7, 11) is -3.37. The van der Waals surface area contributed by atoms with Gasteiger partial charge in [-0.3, -0.25) is 0 Å². The highest BCUT2D eigenvalue weighted by Gasteiger charge is 2.30. The fourth-order valence-corrected chi connectivity index (χ4v) is 4.14. The largest absolute Gasteiger partial charge is 0.312 e. The van der Waals surface area contributed by atoms with Gasteiger partial charge in [-0.1, -0.05) is 18.2 Å². The summed E-state index contributed by atoms with van der Waals surface area (Å²) >= 11 is 0. The maximum absolute atomic E-state index is 14.9. The van der Waals surface area contributed by atoms with Gasteiger partial charge in [0, 0.05) is 23.7 Å². The molecule has 1 aliphatic rings. The Balaban J connectivity index is 1.88. The van der Waals surface area contributed by atoms with E-state index in [4.69, 9.17) is 0 Å². The van der Waals surface area contributed by atoms with E-state index in [2.05, 4.69) is 10.0 Å². The fraction of sp³-hybridized carbons (Fsp3) is 0.333. The lowest BCUT2D eigenvalue weighted by atomic mass is 9.96. The van der Waals surface area contributed by atoms with Crippen molar-refractivity contribution in [2.24, 2.45) is 0 Å². The molecular weight excluding hydrogens is 365 g/mol. The standard InChI is InChI=1S/C18H19F3N2O2S/c1-26(24,25)23-16-5-6-22-17(16)9-11-3-2-4-15(18(11)21)12-7-13(19)10-14(20)8-12/h2-4,7-8,10,16-17,22-23H,5-6,9H2,1H3/t16-,17-/m0/s1. The van der Waals surface area contributed by atoms with Crippen molar-refractivity contribution in [2.75, 3.05) is 12.8 Å². The molecule has 0 radical (unpaired) electrons. The predicted molar refractivity (Wildman–Crippen MR) is 93.6 cm³/mol. The Bertz CT molecular complexity index is 898. The Hall–Kier alpha value is -1.90. The van der Waals surface area contributed by atoms with Crippen molar-refractivity contribution in [3.05, 3.63) is 59.4 Å². The number of benzene rings is 2. The lowest BCUT2D eigenvalue weighted by Crippen LogP contribution is -2.44. The van der Waals surface area contributed by atoms with Crippen molar-refractivity contribution in [1.29, 1.82) is 0 Å². The Labute approximate surface area is 150 Å². The van der Waals surface area contributed by atoms with E-state index in [1.54, 1.807) is 12.1 Å². The van der Waals surface area contributed by atoms with Crippen molar-refractivity contribution in [2.45, 2.75) is 24.9 Å². The molecule has 2 atom stereocenters. The van der Waals surface area contributed by atoms with Crippen molar-refractivity contribution >= 4 is 10.0 Å². The van der Waals surface area contributed by atoms with E-state index in [-0.39, 0.29) is 29.6 Å². The molecule has 0 unspecified atom stereocenters. The lowest BCUT2D eigenvalue weighted by molar-refractivity contribution is 0.485. The van der Waals surface area contributed by atoms with Gasteiger partial charge in [0.25, 0.3) is 0 Å². The van der Waals surface area contributed by atoms with Crippen LogP contribution >= 0.6 is 0 Å². The monoisotopic (exact) mass is 384 g/mol. The molecule has 0 aromatic heterocycles. The van der Waals surface area contributed by atoms with Crippen LogP contribution in [0.2, 0.25) is 0 Å². The Morgan fingerprint density at radius 2 is 1.85 bits per heavy atom. The molecule has 2 N–H and O–H groups in total. The Kier molecular flexibility index (Phi) is 5.36. The average Bonchev–Trinajstić information content (AvgIpc) is 2.93. The summed E-state index contributed by atoms with van der Waals surface area (Å²) in [5.74, 6) is -2.12. The molecule has 140 valence electrons. The van der Waals surface area contributed by atoms with Crippen LogP contribution < -0.4 is 10.0 Å². The molecule has 26 heavy (non-hydrogen) atoms. The summed E-state index contributed by atoms with van der Waals surface area (Å²) in [6, 6.07) is 6.95. The van der Waals surface area contributed by atoms with E-state index < -0.39 is 27.5 Å². The van der Waals surface area contributed by atoms with E-state index in [0.717, 1.165) is 24.5 Å². The highest BCUT2D eigenvalue weighted by molar-refractivity contribution is 7.88. The van der Waals surface area contributed by atoms with Gasteiger partial charge in [0.05, 0.1) is 6.26 Å². The molecule has 1 aliphatic heterocycles. The molecule has 0 saturated carbocycles. The first-order chi connectivity index (χ1) is 12.2. The first kappa shape index (κ1) is 18.9. The number of sulfonamides is 1. The lowest BCUT2D eigenvalue weighted by Gasteiger charge is -2.20. The molecule has 8 heteroatoms. The van der Waals surface area contributed by atoms with Crippen LogP contribution in [0.4, 0.5) is 13.2 Å². The molecular formula is C18H19F3N2O2S. The molecule has 0 spiro atoms. The summed E-state index contributed by atoms with van der Waals surface area (Å²) < 4.78 is 67.3. The van der Waals surface area contributed by atoms with Crippen LogP contribution in [-0.4, -0.2) is 33.3 Å². The zero-order valence-corrected chi connectivity index (χ0v) is 14.9. The highest BCUT2D eigenvalue weighted by atomic mass is 32.2. The molecule has 4 nitrogen and oxygen atoms in total. The molecule has 1 saturated heterocycles. The van der Waals surface area contributed by atoms with Crippen molar-refractivity contribution < 1.29 is 21.6 Å². The summed E-state index contributed by atoms with van der Waals surface area (Å²) in [6.45, 7) is 0.619. The maximum atomic E-state index is 14.9. The number of halogens is 3. The highest BCUT2D eigenvalue weighted by Crippen LogP contribution is 2.28. The van der Waals surface area contributed by atoms with Crippen LogP contribution in [0.5, 0.6) is 0 Å². The zero-order valence-electron chi connectivity index (χ0n) is 14.1. The first-order valence-corrected chi connectivity index (χ1v) is 10.1. The average molecular weight is 384 g/mol. The summed E-state index contributed by atoms with van der Waals surface area (Å²) in [5, 5.41) is 3.17. The second-order valence-electron chi connectivity index (χ2n) is 6.49. The maximum Gasteiger partial charge on any atom is 0.209 e. The van der Waals surface area contributed by atoms with E-state index in [0.29, 0.717) is 18.5 Å². The van der Waals surface area contributed by atoms with Crippen LogP contribution in [0, 0.1) is 17.5 Å². The zero-order chi connectivity index (χ0) is 18.9. The van der Waals surface area contributed by atoms with Gasteiger partial charge in [-0.05, 0) is 42.6 Å². The summed E-state index contributed by atoms with van der Waals surface area (Å²) in [4.78, 5) is 0. The molecule has 0 amide bonds. The summed E-state index contributed by atoms with van der Waals surface area (Å²) in [5.41, 5.74) is 0.574. The number of rotatable bonds is 5. The topological polar surface area (TPSA) is 58.2 Å². The normalized spacial score (nSPS) is 20.5. The van der Waals surface area contributed by atoms with Crippen LogP contribution in [0.1, 0.15) is 12.0 Å². The molecule has 2 aromatic rings. The Morgan fingerprint density at radius 1 is 1.15 bits per heavy atom. The molecule has 3 rings (SSSR count). The van der Waals surface area contributed by atoms with Gasteiger partial charge in [-0.15, -0.1) is 0 Å².